The lowest BCUT2D eigenvalue weighted by Crippen LogP contribution is -2.34. The Labute approximate surface area is 111 Å². The predicted octanol–water partition coefficient (Wildman–Crippen LogP) is 4.32. The molecule has 1 nitrogen and oxygen atoms in total. The van der Waals surface area contributed by atoms with Crippen LogP contribution in [0.5, 0.6) is 0 Å². The standard InChI is InChI=1S/C16H15F2N/c17-13-6-7-16(15(18)10-13)19-14-8-12(9-14)11-4-2-1-3-5-11/h1-7,10,12,14,19H,8-9H2. The molecule has 0 atom stereocenters. The number of hydrogen-bond donors (Lipinski definition) is 1. The molecule has 1 aliphatic rings. The molecule has 19 heavy (non-hydrogen) atoms. The van der Waals surface area contributed by atoms with E-state index >= 15 is 0 Å². The lowest BCUT2D eigenvalue weighted by Gasteiger charge is -2.37. The van der Waals surface area contributed by atoms with Gasteiger partial charge in [0.05, 0.1) is 5.69 Å². The molecule has 0 heterocycles. The zero-order valence-electron chi connectivity index (χ0n) is 10.4. The number of rotatable bonds is 3. The van der Waals surface area contributed by atoms with E-state index in [1.54, 1.807) is 0 Å². The summed E-state index contributed by atoms with van der Waals surface area (Å²) in [5.74, 6) is -0.524. The molecule has 0 aromatic heterocycles. The van der Waals surface area contributed by atoms with Crippen LogP contribution in [0.25, 0.3) is 0 Å². The van der Waals surface area contributed by atoms with E-state index in [2.05, 4.69) is 17.4 Å². The van der Waals surface area contributed by atoms with E-state index in [0.717, 1.165) is 18.9 Å². The lowest BCUT2D eigenvalue weighted by molar-refractivity contribution is 0.373. The normalized spacial score (nSPS) is 21.8. The Kier molecular flexibility index (Phi) is 3.20. The Morgan fingerprint density at radius 2 is 1.68 bits per heavy atom. The summed E-state index contributed by atoms with van der Waals surface area (Å²) in [4.78, 5) is 0. The first-order chi connectivity index (χ1) is 9.22. The topological polar surface area (TPSA) is 12.0 Å². The highest BCUT2D eigenvalue weighted by Crippen LogP contribution is 2.38. The van der Waals surface area contributed by atoms with Gasteiger partial charge >= 0.3 is 0 Å². The zero-order chi connectivity index (χ0) is 13.2. The van der Waals surface area contributed by atoms with Crippen LogP contribution in [0.3, 0.4) is 0 Å². The quantitative estimate of drug-likeness (QED) is 0.865. The van der Waals surface area contributed by atoms with Crippen LogP contribution in [-0.4, -0.2) is 6.04 Å². The first-order valence-corrected chi connectivity index (χ1v) is 6.49. The molecule has 0 bridgehead atoms. The molecule has 3 heteroatoms. The number of hydrogen-bond acceptors (Lipinski definition) is 1. The van der Waals surface area contributed by atoms with E-state index in [1.165, 1.54) is 17.7 Å². The lowest BCUT2D eigenvalue weighted by atomic mass is 9.76. The van der Waals surface area contributed by atoms with E-state index in [-0.39, 0.29) is 6.04 Å². The van der Waals surface area contributed by atoms with Gasteiger partial charge in [-0.2, -0.15) is 0 Å². The molecular formula is C16H15F2N. The Morgan fingerprint density at radius 3 is 2.37 bits per heavy atom. The van der Waals surface area contributed by atoms with Gasteiger partial charge in [-0.25, -0.2) is 8.78 Å². The maximum atomic E-state index is 13.5. The Bertz CT molecular complexity index is 562. The van der Waals surface area contributed by atoms with Gasteiger partial charge in [-0.1, -0.05) is 30.3 Å². The third-order valence-corrected chi connectivity index (χ3v) is 3.70. The van der Waals surface area contributed by atoms with Gasteiger partial charge in [-0.3, -0.25) is 0 Å². The Balaban J connectivity index is 1.60. The number of benzene rings is 2. The van der Waals surface area contributed by atoms with Gasteiger partial charge < -0.3 is 5.32 Å². The smallest absolute Gasteiger partial charge is 0.149 e. The van der Waals surface area contributed by atoms with Crippen LogP contribution in [0, 0.1) is 11.6 Å². The molecule has 2 aromatic rings. The highest BCUT2D eigenvalue weighted by molar-refractivity contribution is 5.46. The molecule has 0 amide bonds. The zero-order valence-corrected chi connectivity index (χ0v) is 10.4. The molecule has 0 aliphatic heterocycles. The molecule has 0 radical (unpaired) electrons. The molecule has 0 saturated heterocycles. The van der Waals surface area contributed by atoms with Gasteiger partial charge in [0.25, 0.3) is 0 Å². The largest absolute Gasteiger partial charge is 0.380 e. The van der Waals surface area contributed by atoms with Crippen LogP contribution < -0.4 is 5.32 Å². The van der Waals surface area contributed by atoms with Gasteiger partial charge in [-0.05, 0) is 36.5 Å². The maximum Gasteiger partial charge on any atom is 0.149 e. The van der Waals surface area contributed by atoms with Gasteiger partial charge in [0, 0.05) is 12.1 Å². The van der Waals surface area contributed by atoms with Crippen molar-refractivity contribution < 1.29 is 8.78 Å². The Hall–Kier alpha value is -1.90. The minimum absolute atomic E-state index is 0.269. The van der Waals surface area contributed by atoms with Gasteiger partial charge in [0.1, 0.15) is 11.6 Å². The summed E-state index contributed by atoms with van der Waals surface area (Å²) in [7, 11) is 0. The molecule has 1 saturated carbocycles. The summed E-state index contributed by atoms with van der Waals surface area (Å²) in [6.07, 6.45) is 1.97. The second-order valence-electron chi connectivity index (χ2n) is 5.04. The van der Waals surface area contributed by atoms with Gasteiger partial charge in [0.15, 0.2) is 0 Å². The molecular weight excluding hydrogens is 244 g/mol. The fourth-order valence-corrected chi connectivity index (χ4v) is 2.56. The number of nitrogens with one attached hydrogen (secondary N) is 1. The van der Waals surface area contributed by atoms with E-state index in [0.29, 0.717) is 11.6 Å². The third-order valence-electron chi connectivity index (χ3n) is 3.70. The van der Waals surface area contributed by atoms with Crippen molar-refractivity contribution in [3.8, 4) is 0 Å². The fourth-order valence-electron chi connectivity index (χ4n) is 2.56. The van der Waals surface area contributed by atoms with Crippen molar-refractivity contribution in [1.82, 2.24) is 0 Å². The summed E-state index contributed by atoms with van der Waals surface area (Å²) in [5, 5.41) is 3.13. The average molecular weight is 259 g/mol. The second-order valence-corrected chi connectivity index (χ2v) is 5.04. The molecule has 3 rings (SSSR count). The van der Waals surface area contributed by atoms with Crippen molar-refractivity contribution >= 4 is 5.69 Å². The average Bonchev–Trinajstić information content (AvgIpc) is 2.36. The van der Waals surface area contributed by atoms with Crippen molar-refractivity contribution in [3.05, 3.63) is 65.7 Å². The van der Waals surface area contributed by atoms with Crippen molar-refractivity contribution in [2.24, 2.45) is 0 Å². The highest BCUT2D eigenvalue weighted by Gasteiger charge is 2.30. The van der Waals surface area contributed by atoms with Crippen molar-refractivity contribution in [3.63, 3.8) is 0 Å². The van der Waals surface area contributed by atoms with E-state index in [9.17, 15) is 8.78 Å². The summed E-state index contributed by atoms with van der Waals surface area (Å²) in [5.41, 5.74) is 1.72. The Morgan fingerprint density at radius 1 is 0.947 bits per heavy atom. The monoisotopic (exact) mass is 259 g/mol. The molecule has 0 spiro atoms. The maximum absolute atomic E-state index is 13.5. The van der Waals surface area contributed by atoms with Crippen LogP contribution >= 0.6 is 0 Å². The molecule has 1 aliphatic carbocycles. The van der Waals surface area contributed by atoms with E-state index in [1.807, 2.05) is 18.2 Å². The molecule has 0 unspecified atom stereocenters. The van der Waals surface area contributed by atoms with Gasteiger partial charge in [0.2, 0.25) is 0 Å². The van der Waals surface area contributed by atoms with E-state index < -0.39 is 11.6 Å². The summed E-state index contributed by atoms with van der Waals surface area (Å²) >= 11 is 0. The van der Waals surface area contributed by atoms with Gasteiger partial charge in [-0.15, -0.1) is 0 Å². The minimum atomic E-state index is -0.543. The van der Waals surface area contributed by atoms with Crippen LogP contribution in [0.15, 0.2) is 48.5 Å². The molecule has 1 fully saturated rings. The minimum Gasteiger partial charge on any atom is -0.380 e. The van der Waals surface area contributed by atoms with Crippen molar-refractivity contribution in [2.45, 2.75) is 24.8 Å². The van der Waals surface area contributed by atoms with Crippen LogP contribution in [0.1, 0.15) is 24.3 Å². The fraction of sp³-hybridized carbons (Fsp3) is 0.250. The molecule has 98 valence electrons. The number of anilines is 1. The van der Waals surface area contributed by atoms with Crippen LogP contribution in [0.4, 0.5) is 14.5 Å². The third kappa shape index (κ3) is 2.60. The van der Waals surface area contributed by atoms with Crippen molar-refractivity contribution in [1.29, 1.82) is 0 Å². The molecule has 1 N–H and O–H groups in total. The first kappa shape index (κ1) is 12.2. The summed E-state index contributed by atoms with van der Waals surface area (Å²) < 4.78 is 26.3. The van der Waals surface area contributed by atoms with Crippen LogP contribution in [-0.2, 0) is 0 Å². The van der Waals surface area contributed by atoms with Crippen LogP contribution in [0.2, 0.25) is 0 Å². The summed E-state index contributed by atoms with van der Waals surface area (Å²) in [6.45, 7) is 0. The summed E-state index contributed by atoms with van der Waals surface area (Å²) in [6, 6.07) is 14.2. The first-order valence-electron chi connectivity index (χ1n) is 6.49. The molecule has 2 aromatic carbocycles. The van der Waals surface area contributed by atoms with E-state index in [4.69, 9.17) is 0 Å². The SMILES string of the molecule is Fc1ccc(NC2CC(c3ccccc3)C2)c(F)c1. The predicted molar refractivity (Wildman–Crippen MR) is 72.2 cm³/mol. The second kappa shape index (κ2) is 5.00. The highest BCUT2D eigenvalue weighted by atomic mass is 19.1. The number of halogens is 2. The van der Waals surface area contributed by atoms with Crippen molar-refractivity contribution in [2.75, 3.05) is 5.32 Å².